The first-order chi connectivity index (χ1) is 13.2. The molecule has 1 fully saturated rings. The third-order valence-corrected chi connectivity index (χ3v) is 5.12. The summed E-state index contributed by atoms with van der Waals surface area (Å²) in [5.41, 5.74) is -0.239. The van der Waals surface area contributed by atoms with E-state index in [2.05, 4.69) is 15.6 Å². The lowest BCUT2D eigenvalue weighted by molar-refractivity contribution is -0.135. The Labute approximate surface area is 172 Å². The number of halogens is 2. The van der Waals surface area contributed by atoms with Gasteiger partial charge in [-0.05, 0) is 43.7 Å². The van der Waals surface area contributed by atoms with Crippen molar-refractivity contribution in [1.82, 2.24) is 20.5 Å². The van der Waals surface area contributed by atoms with Crippen LogP contribution in [-0.4, -0.2) is 34.3 Å². The van der Waals surface area contributed by atoms with Gasteiger partial charge in [-0.3, -0.25) is 19.5 Å². The Morgan fingerprint density at radius 2 is 2.04 bits per heavy atom. The lowest BCUT2D eigenvalue weighted by atomic mass is 9.97. The SMILES string of the molecule is C[C@@H](NC(=O)CN1C(=O)N[C@@](C)(c2ccccn2)C1=O)c1ccc(Cl)cc1Cl. The van der Waals surface area contributed by atoms with Gasteiger partial charge in [0.05, 0.1) is 11.7 Å². The van der Waals surface area contributed by atoms with Crippen molar-refractivity contribution in [3.8, 4) is 0 Å². The van der Waals surface area contributed by atoms with Crippen LogP contribution in [-0.2, 0) is 15.1 Å². The highest BCUT2D eigenvalue weighted by molar-refractivity contribution is 6.35. The monoisotopic (exact) mass is 420 g/mol. The molecule has 0 aliphatic carbocycles. The number of benzene rings is 1. The number of aromatic nitrogens is 1. The van der Waals surface area contributed by atoms with Crippen molar-refractivity contribution in [1.29, 1.82) is 0 Å². The van der Waals surface area contributed by atoms with Crippen LogP contribution in [0.5, 0.6) is 0 Å². The molecule has 146 valence electrons. The molecular formula is C19H18Cl2N4O3. The number of nitrogens with zero attached hydrogens (tertiary/aromatic N) is 2. The number of carbonyl (C=O) groups excluding carboxylic acids is 3. The third kappa shape index (κ3) is 3.81. The largest absolute Gasteiger partial charge is 0.348 e. The van der Waals surface area contributed by atoms with Gasteiger partial charge in [0.15, 0.2) is 5.54 Å². The van der Waals surface area contributed by atoms with E-state index in [1.165, 1.54) is 6.20 Å². The third-order valence-electron chi connectivity index (χ3n) is 4.56. The van der Waals surface area contributed by atoms with Crippen molar-refractivity contribution in [2.45, 2.75) is 25.4 Å². The maximum Gasteiger partial charge on any atom is 0.325 e. The molecule has 9 heteroatoms. The van der Waals surface area contributed by atoms with Gasteiger partial charge in [0.25, 0.3) is 5.91 Å². The second kappa shape index (κ2) is 7.77. The summed E-state index contributed by atoms with van der Waals surface area (Å²) in [5.74, 6) is -1.03. The van der Waals surface area contributed by atoms with Crippen molar-refractivity contribution in [2.24, 2.45) is 0 Å². The molecule has 0 unspecified atom stereocenters. The average molecular weight is 421 g/mol. The highest BCUT2D eigenvalue weighted by Gasteiger charge is 2.50. The Bertz CT molecular complexity index is 938. The number of hydrogen-bond donors (Lipinski definition) is 2. The molecule has 1 aliphatic rings. The quantitative estimate of drug-likeness (QED) is 0.727. The van der Waals surface area contributed by atoms with Crippen LogP contribution in [0.2, 0.25) is 10.0 Å². The number of pyridine rings is 1. The molecule has 0 spiro atoms. The fourth-order valence-corrected chi connectivity index (χ4v) is 3.61. The maximum absolute atomic E-state index is 12.8. The zero-order valence-electron chi connectivity index (χ0n) is 15.2. The molecular weight excluding hydrogens is 403 g/mol. The molecule has 28 heavy (non-hydrogen) atoms. The minimum atomic E-state index is -1.32. The Balaban J connectivity index is 1.70. The summed E-state index contributed by atoms with van der Waals surface area (Å²) in [5, 5.41) is 6.25. The van der Waals surface area contributed by atoms with Crippen LogP contribution in [0.3, 0.4) is 0 Å². The summed E-state index contributed by atoms with van der Waals surface area (Å²) in [6.45, 7) is 2.89. The summed E-state index contributed by atoms with van der Waals surface area (Å²) >= 11 is 12.0. The van der Waals surface area contributed by atoms with E-state index in [0.29, 0.717) is 21.3 Å². The number of carbonyl (C=O) groups is 3. The zero-order chi connectivity index (χ0) is 20.5. The summed E-state index contributed by atoms with van der Waals surface area (Å²) in [6, 6.07) is 8.96. The van der Waals surface area contributed by atoms with E-state index in [0.717, 1.165) is 4.90 Å². The molecule has 0 saturated carbocycles. The minimum absolute atomic E-state index is 0.401. The van der Waals surface area contributed by atoms with Gasteiger partial charge < -0.3 is 10.6 Å². The summed E-state index contributed by atoms with van der Waals surface area (Å²) < 4.78 is 0. The van der Waals surface area contributed by atoms with Gasteiger partial charge in [0.1, 0.15) is 6.54 Å². The first-order valence-corrected chi connectivity index (χ1v) is 9.28. The topological polar surface area (TPSA) is 91.4 Å². The second-order valence-corrected chi connectivity index (χ2v) is 7.46. The predicted molar refractivity (Wildman–Crippen MR) is 105 cm³/mol. The molecule has 1 saturated heterocycles. The maximum atomic E-state index is 12.8. The molecule has 1 aliphatic heterocycles. The first kappa shape index (κ1) is 20.1. The fraction of sp³-hybridized carbons (Fsp3) is 0.263. The van der Waals surface area contributed by atoms with Crippen LogP contribution in [0.25, 0.3) is 0 Å². The molecule has 2 atom stereocenters. The van der Waals surface area contributed by atoms with E-state index in [1.807, 2.05) is 0 Å². The molecule has 2 aromatic rings. The Kier molecular flexibility index (Phi) is 5.58. The van der Waals surface area contributed by atoms with Crippen LogP contribution in [0.15, 0.2) is 42.6 Å². The van der Waals surface area contributed by atoms with Crippen molar-refractivity contribution >= 4 is 41.0 Å². The Hall–Kier alpha value is -2.64. The predicted octanol–water partition coefficient (Wildman–Crippen LogP) is 3.03. The van der Waals surface area contributed by atoms with E-state index < -0.39 is 36.0 Å². The molecule has 7 nitrogen and oxygen atoms in total. The van der Waals surface area contributed by atoms with E-state index in [-0.39, 0.29) is 0 Å². The van der Waals surface area contributed by atoms with Crippen molar-refractivity contribution in [2.75, 3.05) is 6.54 Å². The van der Waals surface area contributed by atoms with Crippen molar-refractivity contribution in [3.05, 3.63) is 63.9 Å². The number of urea groups is 1. The minimum Gasteiger partial charge on any atom is -0.348 e. The average Bonchev–Trinajstić information content (AvgIpc) is 2.86. The summed E-state index contributed by atoms with van der Waals surface area (Å²) in [7, 11) is 0. The number of imide groups is 1. The van der Waals surface area contributed by atoms with Crippen LogP contribution in [0.4, 0.5) is 4.79 Å². The van der Waals surface area contributed by atoms with Gasteiger partial charge in [-0.2, -0.15) is 0 Å². The second-order valence-electron chi connectivity index (χ2n) is 6.62. The Morgan fingerprint density at radius 3 is 2.68 bits per heavy atom. The molecule has 2 N–H and O–H groups in total. The number of rotatable bonds is 5. The van der Waals surface area contributed by atoms with Gasteiger partial charge >= 0.3 is 6.03 Å². The zero-order valence-corrected chi connectivity index (χ0v) is 16.7. The van der Waals surface area contributed by atoms with E-state index in [4.69, 9.17) is 23.2 Å². The van der Waals surface area contributed by atoms with Crippen molar-refractivity contribution < 1.29 is 14.4 Å². The number of amides is 4. The molecule has 1 aromatic heterocycles. The van der Waals surface area contributed by atoms with Crippen molar-refractivity contribution in [3.63, 3.8) is 0 Å². The van der Waals surface area contributed by atoms with Gasteiger partial charge in [0, 0.05) is 16.2 Å². The highest BCUT2D eigenvalue weighted by atomic mass is 35.5. The molecule has 2 heterocycles. The lowest BCUT2D eigenvalue weighted by Crippen LogP contribution is -2.44. The van der Waals surface area contributed by atoms with Gasteiger partial charge in [-0.25, -0.2) is 4.79 Å². The van der Waals surface area contributed by atoms with Gasteiger partial charge in [-0.1, -0.05) is 35.3 Å². The van der Waals surface area contributed by atoms with Crippen LogP contribution >= 0.6 is 23.2 Å². The van der Waals surface area contributed by atoms with Gasteiger partial charge in [0.2, 0.25) is 5.91 Å². The lowest BCUT2D eigenvalue weighted by Gasteiger charge is -2.21. The summed E-state index contributed by atoms with van der Waals surface area (Å²) in [6.07, 6.45) is 1.53. The standard InChI is InChI=1S/C19H18Cl2N4O3/c1-11(13-7-6-12(20)9-14(13)21)23-16(26)10-25-17(27)19(2,24-18(25)28)15-5-3-4-8-22-15/h3-9,11H,10H2,1-2H3,(H,23,26)(H,24,28)/t11-,19+/m1/s1. The van der Waals surface area contributed by atoms with E-state index >= 15 is 0 Å². The van der Waals surface area contributed by atoms with E-state index in [1.54, 1.807) is 50.2 Å². The van der Waals surface area contributed by atoms with Crippen LogP contribution in [0, 0.1) is 0 Å². The molecule has 1 aromatic carbocycles. The number of nitrogens with one attached hydrogen (secondary N) is 2. The summed E-state index contributed by atoms with van der Waals surface area (Å²) in [4.78, 5) is 42.6. The normalized spacial score (nSPS) is 20.1. The smallest absolute Gasteiger partial charge is 0.325 e. The van der Waals surface area contributed by atoms with Crippen LogP contribution < -0.4 is 10.6 Å². The Morgan fingerprint density at radius 1 is 1.29 bits per heavy atom. The molecule has 3 rings (SSSR count). The van der Waals surface area contributed by atoms with E-state index in [9.17, 15) is 14.4 Å². The first-order valence-electron chi connectivity index (χ1n) is 8.52. The molecule has 4 amide bonds. The fourth-order valence-electron chi connectivity index (χ4n) is 3.03. The highest BCUT2D eigenvalue weighted by Crippen LogP contribution is 2.28. The molecule has 0 radical (unpaired) electrons. The molecule has 0 bridgehead atoms. The van der Waals surface area contributed by atoms with Crippen LogP contribution in [0.1, 0.15) is 31.1 Å². The van der Waals surface area contributed by atoms with Gasteiger partial charge in [-0.15, -0.1) is 0 Å². The number of hydrogen-bond acceptors (Lipinski definition) is 4.